The van der Waals surface area contributed by atoms with Crippen LogP contribution in [0.3, 0.4) is 0 Å². The Bertz CT molecular complexity index is 942. The molecule has 0 saturated heterocycles. The highest BCUT2D eigenvalue weighted by atomic mass is 32.2. The minimum absolute atomic E-state index is 0.121. The van der Waals surface area contributed by atoms with E-state index in [9.17, 15) is 16.8 Å². The van der Waals surface area contributed by atoms with Crippen molar-refractivity contribution in [2.75, 3.05) is 13.1 Å². The van der Waals surface area contributed by atoms with Gasteiger partial charge in [0.05, 0.1) is 9.79 Å². The number of benzene rings is 2. The van der Waals surface area contributed by atoms with Crippen LogP contribution in [-0.4, -0.2) is 29.9 Å². The lowest BCUT2D eigenvalue weighted by atomic mass is 9.81. The van der Waals surface area contributed by atoms with Crippen molar-refractivity contribution in [2.24, 2.45) is 11.3 Å². The van der Waals surface area contributed by atoms with Gasteiger partial charge in [0.1, 0.15) is 0 Å². The predicted molar refractivity (Wildman–Crippen MR) is 116 cm³/mol. The molecule has 0 bridgehead atoms. The Morgan fingerprint density at radius 2 is 1.00 bits per heavy atom. The second-order valence-electron chi connectivity index (χ2n) is 8.39. The van der Waals surface area contributed by atoms with E-state index in [4.69, 9.17) is 0 Å². The van der Waals surface area contributed by atoms with Crippen LogP contribution >= 0.6 is 0 Å². The summed E-state index contributed by atoms with van der Waals surface area (Å²) in [6.07, 6.45) is 0. The fraction of sp³-hybridized carbons (Fsp3) is 0.429. The molecule has 0 aliphatic heterocycles. The molecule has 0 aliphatic carbocycles. The van der Waals surface area contributed by atoms with Gasteiger partial charge in [0, 0.05) is 13.1 Å². The maximum atomic E-state index is 12.6. The van der Waals surface area contributed by atoms with Crippen molar-refractivity contribution in [2.45, 2.75) is 44.4 Å². The van der Waals surface area contributed by atoms with Gasteiger partial charge in [-0.25, -0.2) is 26.3 Å². The van der Waals surface area contributed by atoms with E-state index in [1.54, 1.807) is 48.5 Å². The van der Waals surface area contributed by atoms with Crippen LogP contribution in [0.2, 0.25) is 0 Å². The lowest BCUT2D eigenvalue weighted by molar-refractivity contribution is 0.243. The van der Waals surface area contributed by atoms with Crippen LogP contribution in [0.4, 0.5) is 0 Å². The highest BCUT2D eigenvalue weighted by Crippen LogP contribution is 2.26. The van der Waals surface area contributed by atoms with Crippen molar-refractivity contribution in [3.63, 3.8) is 0 Å². The molecule has 8 heteroatoms. The smallest absolute Gasteiger partial charge is 0.211 e. The number of nitrogens with one attached hydrogen (secondary N) is 2. The first-order valence-electron chi connectivity index (χ1n) is 9.44. The lowest BCUT2D eigenvalue weighted by Crippen LogP contribution is -2.42. The summed E-state index contributed by atoms with van der Waals surface area (Å²) in [5.41, 5.74) is 1.63. The molecule has 0 aromatic heterocycles. The summed E-state index contributed by atoms with van der Waals surface area (Å²) in [5, 5.41) is 0. The monoisotopic (exact) mass is 438 g/mol. The molecule has 2 N–H and O–H groups in total. The molecule has 0 unspecified atom stereocenters. The fourth-order valence-electron chi connectivity index (χ4n) is 2.71. The quantitative estimate of drug-likeness (QED) is 0.662. The van der Waals surface area contributed by atoms with Crippen molar-refractivity contribution in [1.82, 2.24) is 9.44 Å². The van der Waals surface area contributed by atoms with Crippen LogP contribution in [0, 0.1) is 25.2 Å². The van der Waals surface area contributed by atoms with Crippen LogP contribution in [0.25, 0.3) is 0 Å². The standard InChI is InChI=1S/C21H30N2O4S2/c1-16-6-10-19(11-7-16)28(24,25)22-14-18(21(3,4)5)15-23-29(26,27)20-12-8-17(2)9-13-20/h6-13,18,22-23H,14-15H2,1-5H3. The van der Waals surface area contributed by atoms with Crippen molar-refractivity contribution >= 4 is 20.0 Å². The molecule has 0 saturated carbocycles. The Hall–Kier alpha value is -1.74. The molecule has 0 spiro atoms. The van der Waals surface area contributed by atoms with Crippen molar-refractivity contribution in [3.8, 4) is 0 Å². The molecule has 0 amide bonds. The van der Waals surface area contributed by atoms with Crippen molar-refractivity contribution < 1.29 is 16.8 Å². The maximum Gasteiger partial charge on any atom is 0.240 e. The molecule has 29 heavy (non-hydrogen) atoms. The Morgan fingerprint density at radius 1 is 0.690 bits per heavy atom. The van der Waals surface area contributed by atoms with Gasteiger partial charge in [0.25, 0.3) is 0 Å². The predicted octanol–water partition coefficient (Wildman–Crippen LogP) is 3.22. The third kappa shape index (κ3) is 6.64. The summed E-state index contributed by atoms with van der Waals surface area (Å²) < 4.78 is 55.6. The van der Waals surface area contributed by atoms with E-state index in [2.05, 4.69) is 9.44 Å². The second-order valence-corrected chi connectivity index (χ2v) is 11.9. The molecule has 6 nitrogen and oxygen atoms in total. The normalized spacial score (nSPS) is 13.0. The first-order valence-corrected chi connectivity index (χ1v) is 12.4. The summed E-state index contributed by atoms with van der Waals surface area (Å²) in [5.74, 6) is -0.247. The Balaban J connectivity index is 2.10. The molecule has 0 atom stereocenters. The zero-order valence-electron chi connectivity index (χ0n) is 17.6. The Morgan fingerprint density at radius 3 is 1.28 bits per heavy atom. The highest BCUT2D eigenvalue weighted by molar-refractivity contribution is 7.89. The van der Waals surface area contributed by atoms with Crippen LogP contribution < -0.4 is 9.44 Å². The molecule has 0 fully saturated rings. The van der Waals surface area contributed by atoms with Crippen LogP contribution in [0.1, 0.15) is 31.9 Å². The topological polar surface area (TPSA) is 92.3 Å². The van der Waals surface area contributed by atoms with E-state index in [1.165, 1.54) is 0 Å². The Labute approximate surface area is 174 Å². The summed E-state index contributed by atoms with van der Waals surface area (Å²) in [4.78, 5) is 0.381. The van der Waals surface area contributed by atoms with Gasteiger partial charge in [-0.2, -0.15) is 0 Å². The third-order valence-electron chi connectivity index (χ3n) is 4.93. The van der Waals surface area contributed by atoms with Crippen LogP contribution in [-0.2, 0) is 20.0 Å². The summed E-state index contributed by atoms with van der Waals surface area (Å²) >= 11 is 0. The van der Waals surface area contributed by atoms with Crippen LogP contribution in [0.15, 0.2) is 58.3 Å². The summed E-state index contributed by atoms with van der Waals surface area (Å²) in [6, 6.07) is 13.2. The zero-order valence-corrected chi connectivity index (χ0v) is 19.2. The van der Waals surface area contributed by atoms with Gasteiger partial charge >= 0.3 is 0 Å². The minimum Gasteiger partial charge on any atom is -0.211 e. The molecule has 2 rings (SSSR count). The van der Waals surface area contributed by atoms with Crippen LogP contribution in [0.5, 0.6) is 0 Å². The van der Waals surface area contributed by atoms with E-state index < -0.39 is 20.0 Å². The van der Waals surface area contributed by atoms with E-state index in [1.807, 2.05) is 34.6 Å². The van der Waals surface area contributed by atoms with Gasteiger partial charge in [-0.05, 0) is 49.4 Å². The number of hydrogen-bond acceptors (Lipinski definition) is 4. The third-order valence-corrected chi connectivity index (χ3v) is 7.81. The second kappa shape index (κ2) is 8.95. The van der Waals surface area contributed by atoms with Crippen molar-refractivity contribution in [3.05, 3.63) is 59.7 Å². The molecule has 0 aliphatic rings. The van der Waals surface area contributed by atoms with Crippen molar-refractivity contribution in [1.29, 1.82) is 0 Å². The van der Waals surface area contributed by atoms with Gasteiger partial charge in [0.15, 0.2) is 0 Å². The average molecular weight is 439 g/mol. The fourth-order valence-corrected chi connectivity index (χ4v) is 4.87. The van der Waals surface area contributed by atoms with Gasteiger partial charge in [-0.1, -0.05) is 56.2 Å². The van der Waals surface area contributed by atoms with Gasteiger partial charge < -0.3 is 0 Å². The first-order chi connectivity index (χ1) is 13.3. The molecular formula is C21H30N2O4S2. The maximum absolute atomic E-state index is 12.6. The summed E-state index contributed by atoms with van der Waals surface area (Å²) in [7, 11) is -7.34. The molecule has 0 heterocycles. The van der Waals surface area contributed by atoms with Gasteiger partial charge in [-0.15, -0.1) is 0 Å². The molecule has 160 valence electrons. The number of rotatable bonds is 8. The van der Waals surface area contributed by atoms with Gasteiger partial charge in [-0.3, -0.25) is 0 Å². The largest absolute Gasteiger partial charge is 0.240 e. The summed E-state index contributed by atoms with van der Waals surface area (Å²) in [6.45, 7) is 9.89. The number of hydrogen-bond donors (Lipinski definition) is 2. The van der Waals surface area contributed by atoms with E-state index in [0.717, 1.165) is 11.1 Å². The Kier molecular flexibility index (Phi) is 7.27. The molecule has 2 aromatic rings. The van der Waals surface area contributed by atoms with E-state index >= 15 is 0 Å². The molecule has 0 radical (unpaired) electrons. The number of sulfonamides is 2. The minimum atomic E-state index is -3.67. The van der Waals surface area contributed by atoms with E-state index in [-0.39, 0.29) is 34.2 Å². The average Bonchev–Trinajstić information content (AvgIpc) is 2.61. The van der Waals surface area contributed by atoms with E-state index in [0.29, 0.717) is 0 Å². The zero-order chi connectivity index (χ0) is 21.9. The highest BCUT2D eigenvalue weighted by Gasteiger charge is 2.28. The number of aryl methyl sites for hydroxylation is 2. The lowest BCUT2D eigenvalue weighted by Gasteiger charge is -2.31. The molecular weight excluding hydrogens is 408 g/mol. The SMILES string of the molecule is Cc1ccc(S(=O)(=O)NCC(CNS(=O)(=O)c2ccc(C)cc2)C(C)(C)C)cc1. The van der Waals surface area contributed by atoms with Gasteiger partial charge in [0.2, 0.25) is 20.0 Å². The molecule has 2 aromatic carbocycles. The first kappa shape index (κ1) is 23.5.